The Morgan fingerprint density at radius 3 is 2.00 bits per heavy atom. The molecule has 0 fully saturated rings. The third kappa shape index (κ3) is 1.51. The lowest BCUT2D eigenvalue weighted by atomic mass is 10.2. The predicted molar refractivity (Wildman–Crippen MR) is 44.9 cm³/mol. The minimum Gasteiger partial charge on any atom is -0.496 e. The van der Waals surface area contributed by atoms with Gasteiger partial charge in [-0.3, -0.25) is 0 Å². The van der Waals surface area contributed by atoms with Crippen molar-refractivity contribution in [1.82, 2.24) is 0 Å². The normalized spacial score (nSPS) is 9.58. The summed E-state index contributed by atoms with van der Waals surface area (Å²) < 4.78 is 10.0. The maximum atomic E-state index is 8.88. The van der Waals surface area contributed by atoms with Gasteiger partial charge in [0, 0.05) is 0 Å². The van der Waals surface area contributed by atoms with Crippen LogP contribution in [-0.4, -0.2) is 19.3 Å². The minimum atomic E-state index is 0.558. The zero-order valence-electron chi connectivity index (χ0n) is 7.07. The molecule has 0 aliphatic rings. The number of aliphatic hydroxyl groups excluding tert-OH is 1. The maximum Gasteiger partial charge on any atom is 0.128 e. The van der Waals surface area contributed by atoms with Crippen molar-refractivity contribution in [1.29, 1.82) is 0 Å². The van der Waals surface area contributed by atoms with Crippen molar-refractivity contribution in [2.75, 3.05) is 14.2 Å². The average Bonchev–Trinajstić information content (AvgIpc) is 2.16. The molecule has 0 aliphatic heterocycles. The molecule has 0 unspecified atom stereocenters. The van der Waals surface area contributed by atoms with E-state index in [-0.39, 0.29) is 0 Å². The molecule has 1 aromatic rings. The second-order valence-corrected chi connectivity index (χ2v) is 2.21. The minimum absolute atomic E-state index is 0.558. The van der Waals surface area contributed by atoms with Gasteiger partial charge in [0.25, 0.3) is 0 Å². The van der Waals surface area contributed by atoms with Crippen molar-refractivity contribution >= 4 is 0 Å². The standard InChI is InChI=1S/C9H11O3/c1-11-8-4-3-5-9(12-2)7(8)6-10/h3-6,10H,1-2H3. The van der Waals surface area contributed by atoms with Gasteiger partial charge in [-0.25, -0.2) is 0 Å². The third-order valence-electron chi connectivity index (χ3n) is 1.60. The summed E-state index contributed by atoms with van der Waals surface area (Å²) >= 11 is 0. The summed E-state index contributed by atoms with van der Waals surface area (Å²) in [5.74, 6) is 1.19. The first-order valence-corrected chi connectivity index (χ1v) is 3.52. The Morgan fingerprint density at radius 2 is 1.67 bits per heavy atom. The summed E-state index contributed by atoms with van der Waals surface area (Å²) in [6, 6.07) is 5.31. The lowest BCUT2D eigenvalue weighted by Crippen LogP contribution is -1.94. The third-order valence-corrected chi connectivity index (χ3v) is 1.60. The highest BCUT2D eigenvalue weighted by atomic mass is 16.5. The number of hydrogen-bond acceptors (Lipinski definition) is 3. The van der Waals surface area contributed by atoms with E-state index in [9.17, 15) is 0 Å². The molecule has 0 saturated carbocycles. The maximum absolute atomic E-state index is 8.88. The van der Waals surface area contributed by atoms with Gasteiger partial charge in [-0.05, 0) is 12.1 Å². The van der Waals surface area contributed by atoms with Crippen LogP contribution in [0.1, 0.15) is 5.56 Å². The largest absolute Gasteiger partial charge is 0.496 e. The van der Waals surface area contributed by atoms with Crippen molar-refractivity contribution < 1.29 is 14.6 Å². The number of methoxy groups -OCH3 is 2. The van der Waals surface area contributed by atoms with Crippen molar-refractivity contribution in [2.24, 2.45) is 0 Å². The summed E-state index contributed by atoms with van der Waals surface area (Å²) in [5, 5.41) is 8.88. The molecule has 0 atom stereocenters. The number of ether oxygens (including phenoxy) is 2. The van der Waals surface area contributed by atoms with Gasteiger partial charge in [0.1, 0.15) is 18.1 Å². The van der Waals surface area contributed by atoms with Crippen LogP contribution in [0.3, 0.4) is 0 Å². The highest BCUT2D eigenvalue weighted by Crippen LogP contribution is 2.28. The molecule has 3 nitrogen and oxygen atoms in total. The second kappa shape index (κ2) is 3.97. The van der Waals surface area contributed by atoms with Gasteiger partial charge in [0.05, 0.1) is 19.8 Å². The Kier molecular flexibility index (Phi) is 2.94. The summed E-state index contributed by atoms with van der Waals surface area (Å²) in [5.41, 5.74) is 0.558. The van der Waals surface area contributed by atoms with Crippen LogP contribution < -0.4 is 9.47 Å². The quantitative estimate of drug-likeness (QED) is 0.742. The molecule has 0 amide bonds. The van der Waals surface area contributed by atoms with Gasteiger partial charge >= 0.3 is 0 Å². The van der Waals surface area contributed by atoms with E-state index >= 15 is 0 Å². The lowest BCUT2D eigenvalue weighted by molar-refractivity contribution is 0.361. The average molecular weight is 167 g/mol. The molecule has 3 heteroatoms. The first-order chi connectivity index (χ1) is 5.83. The molecule has 0 saturated heterocycles. The monoisotopic (exact) mass is 167 g/mol. The molecule has 0 heterocycles. The molecule has 0 aliphatic carbocycles. The first-order valence-electron chi connectivity index (χ1n) is 3.52. The fourth-order valence-electron chi connectivity index (χ4n) is 1.01. The Hall–Kier alpha value is -1.22. The van der Waals surface area contributed by atoms with E-state index in [1.165, 1.54) is 0 Å². The summed E-state index contributed by atoms with van der Waals surface area (Å²) in [6.45, 7) is 0.970. The highest BCUT2D eigenvalue weighted by molar-refractivity contribution is 5.47. The van der Waals surface area contributed by atoms with Crippen LogP contribution in [0.15, 0.2) is 18.2 Å². The number of benzene rings is 1. The van der Waals surface area contributed by atoms with Gasteiger partial charge in [-0.15, -0.1) is 0 Å². The van der Waals surface area contributed by atoms with E-state index in [2.05, 4.69) is 0 Å². The smallest absolute Gasteiger partial charge is 0.128 e. The zero-order valence-corrected chi connectivity index (χ0v) is 7.07. The molecule has 1 aromatic carbocycles. The van der Waals surface area contributed by atoms with Crippen molar-refractivity contribution in [3.63, 3.8) is 0 Å². The number of rotatable bonds is 3. The molecule has 0 aromatic heterocycles. The number of aliphatic hydroxyl groups is 1. The molecule has 1 N–H and O–H groups in total. The second-order valence-electron chi connectivity index (χ2n) is 2.21. The van der Waals surface area contributed by atoms with Gasteiger partial charge in [0.15, 0.2) is 0 Å². The fraction of sp³-hybridized carbons (Fsp3) is 0.222. The Bertz CT molecular complexity index is 236. The van der Waals surface area contributed by atoms with Crippen LogP contribution in [0, 0.1) is 6.61 Å². The molecule has 0 bridgehead atoms. The highest BCUT2D eigenvalue weighted by Gasteiger charge is 2.07. The molecule has 12 heavy (non-hydrogen) atoms. The van der Waals surface area contributed by atoms with Gasteiger partial charge in [0.2, 0.25) is 0 Å². The van der Waals surface area contributed by atoms with Crippen LogP contribution in [0.2, 0.25) is 0 Å². The van der Waals surface area contributed by atoms with Crippen LogP contribution in [0.5, 0.6) is 11.5 Å². The van der Waals surface area contributed by atoms with Crippen LogP contribution in [-0.2, 0) is 0 Å². The van der Waals surface area contributed by atoms with Crippen LogP contribution in [0.25, 0.3) is 0 Å². The van der Waals surface area contributed by atoms with E-state index < -0.39 is 0 Å². The fourth-order valence-corrected chi connectivity index (χ4v) is 1.01. The predicted octanol–water partition coefficient (Wildman–Crippen LogP) is 1.59. The SMILES string of the molecule is COc1cccc(OC)c1[CH]O. The molecule has 0 spiro atoms. The Balaban J connectivity index is 3.13. The molecule has 1 radical (unpaired) electrons. The van der Waals surface area contributed by atoms with E-state index in [4.69, 9.17) is 14.6 Å². The Morgan fingerprint density at radius 1 is 1.17 bits per heavy atom. The molecule has 1 rings (SSSR count). The lowest BCUT2D eigenvalue weighted by Gasteiger charge is -2.09. The molecule has 65 valence electrons. The Labute approximate surface area is 71.5 Å². The van der Waals surface area contributed by atoms with Gasteiger partial charge < -0.3 is 14.6 Å². The summed E-state index contributed by atoms with van der Waals surface area (Å²) in [7, 11) is 3.09. The van der Waals surface area contributed by atoms with Crippen LogP contribution in [0.4, 0.5) is 0 Å². The number of hydrogen-bond donors (Lipinski definition) is 1. The van der Waals surface area contributed by atoms with Crippen molar-refractivity contribution in [3.8, 4) is 11.5 Å². The molecular weight excluding hydrogens is 156 g/mol. The van der Waals surface area contributed by atoms with Gasteiger partial charge in [-0.1, -0.05) is 6.07 Å². The summed E-state index contributed by atoms with van der Waals surface area (Å²) in [6.07, 6.45) is 0. The van der Waals surface area contributed by atoms with E-state index in [1.54, 1.807) is 32.4 Å². The van der Waals surface area contributed by atoms with Crippen molar-refractivity contribution in [2.45, 2.75) is 0 Å². The zero-order chi connectivity index (χ0) is 8.97. The van der Waals surface area contributed by atoms with Crippen LogP contribution >= 0.6 is 0 Å². The first kappa shape index (κ1) is 8.87. The van der Waals surface area contributed by atoms with Crippen molar-refractivity contribution in [3.05, 3.63) is 30.4 Å². The van der Waals surface area contributed by atoms with E-state index in [1.807, 2.05) is 0 Å². The molecular formula is C9H11O3. The van der Waals surface area contributed by atoms with Gasteiger partial charge in [-0.2, -0.15) is 0 Å². The summed E-state index contributed by atoms with van der Waals surface area (Å²) in [4.78, 5) is 0. The van der Waals surface area contributed by atoms with E-state index in [0.29, 0.717) is 17.1 Å². The van der Waals surface area contributed by atoms with E-state index in [0.717, 1.165) is 6.61 Å². The topological polar surface area (TPSA) is 38.7 Å².